The lowest BCUT2D eigenvalue weighted by atomic mass is 10.1. The zero-order valence-corrected chi connectivity index (χ0v) is 14.7. The van der Waals surface area contributed by atoms with E-state index in [0.29, 0.717) is 6.54 Å². The number of aryl methyl sites for hydroxylation is 3. The number of methoxy groups -OCH3 is 1. The van der Waals surface area contributed by atoms with Crippen molar-refractivity contribution in [2.75, 3.05) is 7.11 Å². The highest BCUT2D eigenvalue weighted by Gasteiger charge is 2.18. The van der Waals surface area contributed by atoms with Gasteiger partial charge in [-0.15, -0.1) is 0 Å². The Kier molecular flexibility index (Phi) is 4.33. The van der Waals surface area contributed by atoms with Crippen LogP contribution in [0.4, 0.5) is 0 Å². The fraction of sp³-hybridized carbons (Fsp3) is 0.412. The molecule has 2 aromatic heterocycles. The van der Waals surface area contributed by atoms with Gasteiger partial charge in [0.2, 0.25) is 0 Å². The van der Waals surface area contributed by atoms with Crippen LogP contribution in [0.5, 0.6) is 5.75 Å². The molecule has 7 nitrogen and oxygen atoms in total. The van der Waals surface area contributed by atoms with Gasteiger partial charge in [0.1, 0.15) is 29.0 Å². The number of nitrogens with zero attached hydrogens (tertiary/aromatic N) is 6. The zero-order chi connectivity index (χ0) is 17.3. The molecule has 0 N–H and O–H groups in total. The molecule has 2 heterocycles. The van der Waals surface area contributed by atoms with Gasteiger partial charge in [-0.25, -0.2) is 19.3 Å². The first-order chi connectivity index (χ1) is 11.5. The molecule has 1 atom stereocenters. The van der Waals surface area contributed by atoms with Crippen LogP contribution in [0.25, 0.3) is 5.69 Å². The summed E-state index contributed by atoms with van der Waals surface area (Å²) in [5, 5.41) is 8.99. The van der Waals surface area contributed by atoms with Crippen molar-refractivity contribution in [3.63, 3.8) is 0 Å². The smallest absolute Gasteiger partial charge is 0.148 e. The number of rotatable bonds is 5. The van der Waals surface area contributed by atoms with Crippen LogP contribution in [-0.4, -0.2) is 36.6 Å². The van der Waals surface area contributed by atoms with Gasteiger partial charge in [0, 0.05) is 5.92 Å². The second kappa shape index (κ2) is 6.43. The normalized spacial score (nSPS) is 12.4. The van der Waals surface area contributed by atoms with Crippen LogP contribution in [0.2, 0.25) is 0 Å². The van der Waals surface area contributed by atoms with Crippen molar-refractivity contribution < 1.29 is 4.74 Å². The molecule has 0 fully saturated rings. The first-order valence-corrected chi connectivity index (χ1v) is 7.94. The first-order valence-electron chi connectivity index (χ1n) is 7.94. The summed E-state index contributed by atoms with van der Waals surface area (Å²) < 4.78 is 9.03. The molecule has 0 saturated carbocycles. The second-order valence-electron chi connectivity index (χ2n) is 5.92. The largest absolute Gasteiger partial charge is 0.497 e. The molecule has 0 bridgehead atoms. The minimum Gasteiger partial charge on any atom is -0.497 e. The van der Waals surface area contributed by atoms with Gasteiger partial charge in [0.15, 0.2) is 0 Å². The Bertz CT molecular complexity index is 833. The summed E-state index contributed by atoms with van der Waals surface area (Å²) in [5.74, 6) is 4.32. The number of hydrogen-bond donors (Lipinski definition) is 0. The van der Waals surface area contributed by atoms with Crippen molar-refractivity contribution in [3.8, 4) is 11.4 Å². The lowest BCUT2D eigenvalue weighted by molar-refractivity contribution is 0.414. The SMILES string of the molecule is COc1ccc(-n2nc(C)nc2[C@@H](C)Cn2nc(C)nc2C)cc1. The van der Waals surface area contributed by atoms with E-state index in [1.807, 2.05) is 54.4 Å². The molecule has 0 spiro atoms. The zero-order valence-electron chi connectivity index (χ0n) is 14.7. The van der Waals surface area contributed by atoms with E-state index in [4.69, 9.17) is 4.74 Å². The molecular formula is C17H22N6O. The van der Waals surface area contributed by atoms with E-state index in [9.17, 15) is 0 Å². The molecule has 0 amide bonds. The molecule has 3 aromatic rings. The Balaban J connectivity index is 1.91. The maximum absolute atomic E-state index is 5.22. The maximum Gasteiger partial charge on any atom is 0.148 e. The van der Waals surface area contributed by atoms with Crippen molar-refractivity contribution in [2.24, 2.45) is 0 Å². The first kappa shape index (κ1) is 16.2. The lowest BCUT2D eigenvalue weighted by Crippen LogP contribution is -2.14. The average molecular weight is 326 g/mol. The predicted molar refractivity (Wildman–Crippen MR) is 90.6 cm³/mol. The van der Waals surface area contributed by atoms with Crippen molar-refractivity contribution in [3.05, 3.63) is 47.6 Å². The van der Waals surface area contributed by atoms with Gasteiger partial charge in [-0.3, -0.25) is 0 Å². The summed E-state index contributed by atoms with van der Waals surface area (Å²) in [6, 6.07) is 7.81. The fourth-order valence-electron chi connectivity index (χ4n) is 2.74. The van der Waals surface area contributed by atoms with Gasteiger partial charge in [-0.2, -0.15) is 10.2 Å². The van der Waals surface area contributed by atoms with Crippen molar-refractivity contribution in [1.29, 1.82) is 0 Å². The van der Waals surface area contributed by atoms with Gasteiger partial charge in [0.25, 0.3) is 0 Å². The minimum atomic E-state index is 0.146. The molecule has 1 aromatic carbocycles. The molecule has 24 heavy (non-hydrogen) atoms. The molecule has 7 heteroatoms. The van der Waals surface area contributed by atoms with Gasteiger partial charge >= 0.3 is 0 Å². The van der Waals surface area contributed by atoms with Crippen LogP contribution < -0.4 is 4.74 Å². The molecule has 0 saturated heterocycles. The quantitative estimate of drug-likeness (QED) is 0.721. The van der Waals surface area contributed by atoms with Crippen LogP contribution in [0.15, 0.2) is 24.3 Å². The average Bonchev–Trinajstić information content (AvgIpc) is 3.10. The standard InChI is InChI=1S/C17H22N6O/c1-11(10-22-14(4)18-12(2)20-22)17-19-13(3)21-23(17)15-6-8-16(24-5)9-7-15/h6-9,11H,10H2,1-5H3/t11-/m0/s1. The van der Waals surface area contributed by atoms with Crippen LogP contribution in [0.3, 0.4) is 0 Å². The van der Waals surface area contributed by atoms with Crippen LogP contribution >= 0.6 is 0 Å². The van der Waals surface area contributed by atoms with E-state index in [2.05, 4.69) is 27.1 Å². The maximum atomic E-state index is 5.22. The third-order valence-electron chi connectivity index (χ3n) is 3.91. The van der Waals surface area contributed by atoms with Crippen molar-refractivity contribution in [2.45, 2.75) is 40.2 Å². The van der Waals surface area contributed by atoms with E-state index in [1.54, 1.807) is 7.11 Å². The van der Waals surface area contributed by atoms with Gasteiger partial charge in [0.05, 0.1) is 19.3 Å². The molecule has 126 valence electrons. The Labute approximate surface area is 141 Å². The Morgan fingerprint density at radius 3 is 2.25 bits per heavy atom. The highest BCUT2D eigenvalue weighted by atomic mass is 16.5. The minimum absolute atomic E-state index is 0.146. The van der Waals surface area contributed by atoms with Gasteiger partial charge in [-0.1, -0.05) is 6.92 Å². The van der Waals surface area contributed by atoms with Crippen LogP contribution in [-0.2, 0) is 6.54 Å². The molecule has 0 unspecified atom stereocenters. The monoisotopic (exact) mass is 326 g/mol. The molecule has 0 aliphatic carbocycles. The molecular weight excluding hydrogens is 304 g/mol. The Hall–Kier alpha value is -2.70. The number of benzene rings is 1. The van der Waals surface area contributed by atoms with E-state index >= 15 is 0 Å². The van der Waals surface area contributed by atoms with Crippen molar-refractivity contribution >= 4 is 0 Å². The van der Waals surface area contributed by atoms with E-state index in [1.165, 1.54) is 0 Å². The third kappa shape index (κ3) is 3.15. The summed E-state index contributed by atoms with van der Waals surface area (Å²) in [6.07, 6.45) is 0. The number of ether oxygens (including phenoxy) is 1. The van der Waals surface area contributed by atoms with Crippen LogP contribution in [0, 0.1) is 20.8 Å². The molecule has 0 aliphatic heterocycles. The van der Waals surface area contributed by atoms with Crippen molar-refractivity contribution in [1.82, 2.24) is 29.5 Å². The summed E-state index contributed by atoms with van der Waals surface area (Å²) >= 11 is 0. The van der Waals surface area contributed by atoms with E-state index in [0.717, 1.165) is 34.7 Å². The molecule has 0 aliphatic rings. The number of aromatic nitrogens is 6. The summed E-state index contributed by atoms with van der Waals surface area (Å²) in [5.41, 5.74) is 0.963. The lowest BCUT2D eigenvalue weighted by Gasteiger charge is -2.13. The third-order valence-corrected chi connectivity index (χ3v) is 3.91. The van der Waals surface area contributed by atoms with Crippen LogP contribution in [0.1, 0.15) is 36.1 Å². The predicted octanol–water partition coefficient (Wildman–Crippen LogP) is 2.60. The topological polar surface area (TPSA) is 70.7 Å². The fourth-order valence-corrected chi connectivity index (χ4v) is 2.74. The second-order valence-corrected chi connectivity index (χ2v) is 5.92. The highest BCUT2D eigenvalue weighted by molar-refractivity contribution is 5.37. The summed E-state index contributed by atoms with van der Waals surface area (Å²) in [4.78, 5) is 8.98. The highest BCUT2D eigenvalue weighted by Crippen LogP contribution is 2.21. The van der Waals surface area contributed by atoms with E-state index in [-0.39, 0.29) is 5.92 Å². The Morgan fingerprint density at radius 2 is 1.67 bits per heavy atom. The summed E-state index contributed by atoms with van der Waals surface area (Å²) in [6.45, 7) is 8.60. The Morgan fingerprint density at radius 1 is 1.00 bits per heavy atom. The van der Waals surface area contributed by atoms with Gasteiger partial charge in [-0.05, 0) is 45.0 Å². The summed E-state index contributed by atoms with van der Waals surface area (Å²) in [7, 11) is 1.66. The molecule has 0 radical (unpaired) electrons. The number of hydrogen-bond acceptors (Lipinski definition) is 5. The van der Waals surface area contributed by atoms with E-state index < -0.39 is 0 Å². The van der Waals surface area contributed by atoms with Gasteiger partial charge < -0.3 is 4.74 Å². The molecule has 3 rings (SSSR count).